The molecule has 1 saturated heterocycles. The molecule has 0 saturated carbocycles. The Hall–Kier alpha value is -3.12. The highest BCUT2D eigenvalue weighted by molar-refractivity contribution is 6.07. The Balaban J connectivity index is 2.18. The van der Waals surface area contributed by atoms with Crippen LogP contribution in [0.5, 0.6) is 5.75 Å². The lowest BCUT2D eigenvalue weighted by molar-refractivity contribution is -0.384. The number of nitrogens with zero attached hydrogens (tertiary/aromatic N) is 3. The topological polar surface area (TPSA) is 118 Å². The first-order valence-electron chi connectivity index (χ1n) is 7.99. The van der Waals surface area contributed by atoms with Crippen molar-refractivity contribution in [1.82, 2.24) is 4.90 Å². The van der Waals surface area contributed by atoms with Crippen molar-refractivity contribution >= 4 is 17.3 Å². The van der Waals surface area contributed by atoms with Gasteiger partial charge < -0.3 is 19.7 Å². The van der Waals surface area contributed by atoms with Gasteiger partial charge in [-0.3, -0.25) is 14.9 Å². The highest BCUT2D eigenvalue weighted by atomic mass is 16.6. The molecule has 1 aliphatic rings. The minimum absolute atomic E-state index is 0.00669. The van der Waals surface area contributed by atoms with Crippen LogP contribution in [0.4, 0.5) is 11.4 Å². The summed E-state index contributed by atoms with van der Waals surface area (Å²) in [7, 11) is 1.34. The van der Waals surface area contributed by atoms with Crippen LogP contribution >= 0.6 is 0 Å². The van der Waals surface area contributed by atoms with Gasteiger partial charge in [0.2, 0.25) is 0 Å². The number of nitrogens with one attached hydrogen (secondary N) is 1. The van der Waals surface area contributed by atoms with Crippen LogP contribution < -0.4 is 10.1 Å². The Bertz CT molecular complexity index is 761. The van der Waals surface area contributed by atoms with E-state index < -0.39 is 10.8 Å². The molecule has 1 aromatic carbocycles. The molecule has 1 heterocycles. The maximum absolute atomic E-state index is 12.4. The number of rotatable bonds is 5. The average Bonchev–Trinajstić information content (AvgIpc) is 2.58. The van der Waals surface area contributed by atoms with Crippen molar-refractivity contribution in [3.8, 4) is 11.8 Å². The summed E-state index contributed by atoms with van der Waals surface area (Å²) in [4.78, 5) is 24.5. The van der Waals surface area contributed by atoms with E-state index in [1.165, 1.54) is 31.5 Å². The molecule has 9 heteroatoms. The summed E-state index contributed by atoms with van der Waals surface area (Å²) in [5, 5.41) is 22.7. The molecular formula is C17H20N4O5. The molecule has 0 spiro atoms. The van der Waals surface area contributed by atoms with Crippen molar-refractivity contribution in [3.05, 3.63) is 40.1 Å². The highest BCUT2D eigenvalue weighted by Crippen LogP contribution is 2.29. The summed E-state index contributed by atoms with van der Waals surface area (Å²) < 4.78 is 10.7. The number of amides is 1. The fourth-order valence-electron chi connectivity index (χ4n) is 2.73. The van der Waals surface area contributed by atoms with Gasteiger partial charge in [-0.05, 0) is 19.9 Å². The third-order valence-corrected chi connectivity index (χ3v) is 3.77. The lowest BCUT2D eigenvalue weighted by atomic mass is 10.2. The standard InChI is InChI=1S/C17H20N4O5/c1-11-8-20(9-12(2)26-11)10-13(7-18)17(22)19-15-5-4-14(21(23)24)6-16(15)25-3/h4-6,10-12H,8-9H2,1-3H3,(H,19,22)/b13-10-. The molecule has 1 fully saturated rings. The number of carbonyl (C=O) groups is 1. The number of nitriles is 1. The van der Waals surface area contributed by atoms with Crippen LogP contribution in [0.15, 0.2) is 30.0 Å². The van der Waals surface area contributed by atoms with Crippen LogP contribution in [0.25, 0.3) is 0 Å². The van der Waals surface area contributed by atoms with Crippen molar-refractivity contribution in [3.63, 3.8) is 0 Å². The van der Waals surface area contributed by atoms with Gasteiger partial charge in [0.25, 0.3) is 11.6 Å². The number of morpholine rings is 1. The highest BCUT2D eigenvalue weighted by Gasteiger charge is 2.22. The molecule has 9 nitrogen and oxygen atoms in total. The van der Waals surface area contributed by atoms with E-state index in [-0.39, 0.29) is 34.9 Å². The van der Waals surface area contributed by atoms with E-state index >= 15 is 0 Å². The second-order valence-corrected chi connectivity index (χ2v) is 5.96. The summed E-state index contributed by atoms with van der Waals surface area (Å²) in [5.74, 6) is -0.482. The Morgan fingerprint density at radius 3 is 2.65 bits per heavy atom. The molecule has 0 aliphatic carbocycles. The lowest BCUT2D eigenvalue weighted by Gasteiger charge is -2.34. The van der Waals surface area contributed by atoms with Gasteiger partial charge in [-0.15, -0.1) is 0 Å². The first kappa shape index (κ1) is 19.2. The molecule has 0 aromatic heterocycles. The van der Waals surface area contributed by atoms with E-state index in [1.54, 1.807) is 0 Å². The molecule has 26 heavy (non-hydrogen) atoms. The summed E-state index contributed by atoms with van der Waals surface area (Å²) in [6.07, 6.45) is 1.49. The second kappa shape index (κ2) is 8.31. The van der Waals surface area contributed by atoms with Crippen LogP contribution in [0.2, 0.25) is 0 Å². The van der Waals surface area contributed by atoms with E-state index in [9.17, 15) is 20.2 Å². The minimum Gasteiger partial charge on any atom is -0.494 e. The maximum atomic E-state index is 12.4. The molecule has 0 bridgehead atoms. The zero-order valence-electron chi connectivity index (χ0n) is 14.8. The number of hydrogen-bond donors (Lipinski definition) is 1. The number of carbonyl (C=O) groups excluding carboxylic acids is 1. The van der Waals surface area contributed by atoms with Gasteiger partial charge in [0.1, 0.15) is 17.4 Å². The van der Waals surface area contributed by atoms with Crippen LogP contribution in [-0.4, -0.2) is 48.1 Å². The van der Waals surface area contributed by atoms with Crippen molar-refractivity contribution in [1.29, 1.82) is 5.26 Å². The molecule has 2 rings (SSSR count). The summed E-state index contributed by atoms with van der Waals surface area (Å²) >= 11 is 0. The van der Waals surface area contributed by atoms with Crippen molar-refractivity contribution in [2.75, 3.05) is 25.5 Å². The number of non-ortho nitro benzene ring substituents is 1. The third-order valence-electron chi connectivity index (χ3n) is 3.77. The van der Waals surface area contributed by atoms with Crippen LogP contribution in [0.3, 0.4) is 0 Å². The number of nitro benzene ring substituents is 1. The fourth-order valence-corrected chi connectivity index (χ4v) is 2.73. The summed E-state index contributed by atoms with van der Waals surface area (Å²) in [5.41, 5.74) is 0.00635. The Morgan fingerprint density at radius 1 is 1.46 bits per heavy atom. The number of nitro groups is 1. The number of hydrogen-bond acceptors (Lipinski definition) is 7. The number of anilines is 1. The van der Waals surface area contributed by atoms with Crippen LogP contribution in [-0.2, 0) is 9.53 Å². The largest absolute Gasteiger partial charge is 0.494 e. The third kappa shape index (κ3) is 4.70. The molecule has 138 valence electrons. The monoisotopic (exact) mass is 360 g/mol. The Morgan fingerprint density at radius 2 is 2.12 bits per heavy atom. The predicted octanol–water partition coefficient (Wildman–Crippen LogP) is 2.06. The first-order valence-corrected chi connectivity index (χ1v) is 7.99. The van der Waals surface area contributed by atoms with Gasteiger partial charge in [0, 0.05) is 25.4 Å². The quantitative estimate of drug-likeness (QED) is 0.369. The zero-order valence-corrected chi connectivity index (χ0v) is 14.8. The van der Waals surface area contributed by atoms with Gasteiger partial charge in [-0.1, -0.05) is 0 Å². The van der Waals surface area contributed by atoms with Crippen LogP contribution in [0.1, 0.15) is 13.8 Å². The van der Waals surface area contributed by atoms with Gasteiger partial charge in [0.15, 0.2) is 0 Å². The molecule has 1 amide bonds. The molecule has 2 unspecified atom stereocenters. The van der Waals surface area contributed by atoms with Crippen molar-refractivity contribution in [2.24, 2.45) is 0 Å². The van der Waals surface area contributed by atoms with E-state index in [1.807, 2.05) is 24.8 Å². The van der Waals surface area contributed by atoms with Gasteiger partial charge in [0.05, 0.1) is 36.0 Å². The lowest BCUT2D eigenvalue weighted by Crippen LogP contribution is -2.43. The molecule has 1 N–H and O–H groups in total. The van der Waals surface area contributed by atoms with Crippen molar-refractivity contribution < 1.29 is 19.2 Å². The van der Waals surface area contributed by atoms with E-state index in [0.29, 0.717) is 13.1 Å². The van der Waals surface area contributed by atoms with Gasteiger partial charge in [-0.25, -0.2) is 0 Å². The van der Waals surface area contributed by atoms with E-state index in [2.05, 4.69) is 5.32 Å². The first-order chi connectivity index (χ1) is 12.3. The van der Waals surface area contributed by atoms with E-state index in [0.717, 1.165) is 0 Å². The van der Waals surface area contributed by atoms with Crippen molar-refractivity contribution in [2.45, 2.75) is 26.1 Å². The molecule has 2 atom stereocenters. The Labute approximate surface area is 150 Å². The summed E-state index contributed by atoms with van der Waals surface area (Å²) in [6.45, 7) is 4.99. The van der Waals surface area contributed by atoms with Gasteiger partial charge in [-0.2, -0.15) is 5.26 Å². The van der Waals surface area contributed by atoms with Gasteiger partial charge >= 0.3 is 0 Å². The summed E-state index contributed by atoms with van der Waals surface area (Å²) in [6, 6.07) is 5.70. The second-order valence-electron chi connectivity index (χ2n) is 5.96. The fraction of sp³-hybridized carbons (Fsp3) is 0.412. The van der Waals surface area contributed by atoms with Crippen LogP contribution in [0, 0.1) is 21.4 Å². The molecule has 0 radical (unpaired) electrons. The number of methoxy groups -OCH3 is 1. The maximum Gasteiger partial charge on any atom is 0.273 e. The zero-order chi connectivity index (χ0) is 19.3. The average molecular weight is 360 g/mol. The normalized spacial score (nSPS) is 20.2. The molecular weight excluding hydrogens is 340 g/mol. The number of benzene rings is 1. The smallest absolute Gasteiger partial charge is 0.273 e. The molecule has 1 aliphatic heterocycles. The predicted molar refractivity (Wildman–Crippen MR) is 93.6 cm³/mol. The molecule has 1 aromatic rings. The Kier molecular flexibility index (Phi) is 6.14. The minimum atomic E-state index is -0.619. The number of ether oxygens (including phenoxy) is 2. The SMILES string of the molecule is COc1cc([N+](=O)[O-])ccc1NC(=O)/C(C#N)=C\N1CC(C)OC(C)C1. The van der Waals surface area contributed by atoms with E-state index in [4.69, 9.17) is 9.47 Å².